The van der Waals surface area contributed by atoms with Crippen LogP contribution in [0, 0.1) is 11.6 Å². The van der Waals surface area contributed by atoms with Crippen molar-refractivity contribution in [2.24, 2.45) is 0 Å². The predicted molar refractivity (Wildman–Crippen MR) is 47.9 cm³/mol. The third-order valence-corrected chi connectivity index (χ3v) is 1.92. The van der Waals surface area contributed by atoms with Gasteiger partial charge >= 0.3 is 0 Å². The van der Waals surface area contributed by atoms with Crippen molar-refractivity contribution in [1.29, 1.82) is 0 Å². The van der Waals surface area contributed by atoms with Crippen molar-refractivity contribution in [2.75, 3.05) is 13.7 Å². The van der Waals surface area contributed by atoms with Gasteiger partial charge in [-0.2, -0.15) is 0 Å². The summed E-state index contributed by atoms with van der Waals surface area (Å²) in [5.74, 6) is -1.79. The maximum absolute atomic E-state index is 13.2. The molecule has 0 fully saturated rings. The Balaban J connectivity index is 2.99. The number of benzene rings is 1. The van der Waals surface area contributed by atoms with E-state index >= 15 is 0 Å². The van der Waals surface area contributed by atoms with Crippen LogP contribution in [0.5, 0.6) is 0 Å². The first kappa shape index (κ1) is 11.1. The van der Waals surface area contributed by atoms with Crippen LogP contribution in [0.3, 0.4) is 0 Å². The van der Waals surface area contributed by atoms with Crippen LogP contribution in [0.25, 0.3) is 0 Å². The first-order valence-corrected chi connectivity index (χ1v) is 4.26. The highest BCUT2D eigenvalue weighted by molar-refractivity contribution is 5.26. The monoisotopic (exact) mass is 202 g/mol. The van der Waals surface area contributed by atoms with E-state index in [1.54, 1.807) is 0 Å². The van der Waals surface area contributed by atoms with Gasteiger partial charge in [0.25, 0.3) is 0 Å². The highest BCUT2D eigenvalue weighted by atomic mass is 19.2. The zero-order chi connectivity index (χ0) is 10.6. The maximum atomic E-state index is 13.2. The number of halogens is 2. The van der Waals surface area contributed by atoms with E-state index in [1.807, 2.05) is 0 Å². The van der Waals surface area contributed by atoms with Crippen molar-refractivity contribution in [1.82, 2.24) is 0 Å². The van der Waals surface area contributed by atoms with Gasteiger partial charge in [0.05, 0.1) is 6.61 Å². The Kier molecular flexibility index (Phi) is 3.98. The Morgan fingerprint density at radius 3 is 2.36 bits per heavy atom. The lowest BCUT2D eigenvalue weighted by Gasteiger charge is -2.06. The molecule has 0 saturated heterocycles. The van der Waals surface area contributed by atoms with Crippen LogP contribution in [-0.2, 0) is 17.8 Å². The van der Waals surface area contributed by atoms with Gasteiger partial charge in [-0.25, -0.2) is 8.78 Å². The van der Waals surface area contributed by atoms with Crippen molar-refractivity contribution < 1.29 is 18.6 Å². The van der Waals surface area contributed by atoms with Gasteiger partial charge in [0.2, 0.25) is 0 Å². The molecule has 0 atom stereocenters. The van der Waals surface area contributed by atoms with Gasteiger partial charge in [0.15, 0.2) is 11.6 Å². The minimum absolute atomic E-state index is 0.0438. The summed E-state index contributed by atoms with van der Waals surface area (Å²) in [6, 6.07) is 2.93. The maximum Gasteiger partial charge on any atom is 0.164 e. The molecule has 4 heteroatoms. The highest BCUT2D eigenvalue weighted by Gasteiger charge is 2.12. The lowest BCUT2D eigenvalue weighted by atomic mass is 10.1. The SMILES string of the molecule is COCc1ccc(CCO)c(F)c1F. The molecule has 2 nitrogen and oxygen atoms in total. The molecule has 0 bridgehead atoms. The van der Waals surface area contributed by atoms with Crippen LogP contribution in [0.4, 0.5) is 8.78 Å². The van der Waals surface area contributed by atoms with Gasteiger partial charge in [0, 0.05) is 19.3 Å². The molecule has 0 aliphatic heterocycles. The van der Waals surface area contributed by atoms with Crippen LogP contribution in [0.2, 0.25) is 0 Å². The first-order valence-electron chi connectivity index (χ1n) is 4.26. The third-order valence-electron chi connectivity index (χ3n) is 1.92. The summed E-state index contributed by atoms with van der Waals surface area (Å²) in [7, 11) is 1.42. The van der Waals surface area contributed by atoms with E-state index in [2.05, 4.69) is 0 Å². The Labute approximate surface area is 81.1 Å². The summed E-state index contributed by atoms with van der Waals surface area (Å²) in [5, 5.41) is 8.59. The van der Waals surface area contributed by atoms with Crippen molar-refractivity contribution in [2.45, 2.75) is 13.0 Å². The van der Waals surface area contributed by atoms with Crippen LogP contribution in [0.15, 0.2) is 12.1 Å². The number of ether oxygens (including phenoxy) is 1. The van der Waals surface area contributed by atoms with E-state index in [-0.39, 0.29) is 30.8 Å². The molecular weight excluding hydrogens is 190 g/mol. The molecule has 78 valence electrons. The van der Waals surface area contributed by atoms with E-state index in [9.17, 15) is 8.78 Å². The average Bonchev–Trinajstić information content (AvgIpc) is 2.18. The lowest BCUT2D eigenvalue weighted by molar-refractivity contribution is 0.180. The lowest BCUT2D eigenvalue weighted by Crippen LogP contribution is -2.02. The fourth-order valence-corrected chi connectivity index (χ4v) is 1.21. The average molecular weight is 202 g/mol. The number of rotatable bonds is 4. The van der Waals surface area contributed by atoms with Crippen LogP contribution < -0.4 is 0 Å². The molecule has 0 spiro atoms. The number of hydrogen-bond donors (Lipinski definition) is 1. The summed E-state index contributed by atoms with van der Waals surface area (Å²) in [6.45, 7) is -0.151. The summed E-state index contributed by atoms with van der Waals surface area (Å²) >= 11 is 0. The quantitative estimate of drug-likeness (QED) is 0.804. The zero-order valence-electron chi connectivity index (χ0n) is 7.89. The summed E-state index contributed by atoms with van der Waals surface area (Å²) < 4.78 is 31.2. The molecule has 0 amide bonds. The normalized spacial score (nSPS) is 10.6. The van der Waals surface area contributed by atoms with Gasteiger partial charge in [-0.3, -0.25) is 0 Å². The molecule has 0 aliphatic carbocycles. The molecule has 0 radical (unpaired) electrons. The number of aliphatic hydroxyl groups excluding tert-OH is 1. The molecular formula is C10H12F2O2. The second-order valence-corrected chi connectivity index (χ2v) is 2.92. The number of methoxy groups -OCH3 is 1. The first-order chi connectivity index (χ1) is 6.70. The molecule has 1 rings (SSSR count). The largest absolute Gasteiger partial charge is 0.396 e. The summed E-state index contributed by atoms with van der Waals surface area (Å²) in [6.07, 6.45) is 0.121. The summed E-state index contributed by atoms with van der Waals surface area (Å²) in [5.41, 5.74) is 0.372. The number of hydrogen-bond acceptors (Lipinski definition) is 2. The van der Waals surface area contributed by atoms with Crippen molar-refractivity contribution in [3.63, 3.8) is 0 Å². The van der Waals surface area contributed by atoms with E-state index in [4.69, 9.17) is 9.84 Å². The van der Waals surface area contributed by atoms with Crippen LogP contribution in [-0.4, -0.2) is 18.8 Å². The topological polar surface area (TPSA) is 29.5 Å². The summed E-state index contributed by atoms with van der Waals surface area (Å²) in [4.78, 5) is 0. The molecule has 0 aromatic heterocycles. The van der Waals surface area contributed by atoms with Crippen molar-refractivity contribution >= 4 is 0 Å². The van der Waals surface area contributed by atoms with Gasteiger partial charge in [-0.1, -0.05) is 12.1 Å². The molecule has 0 heterocycles. The minimum atomic E-state index is -0.895. The van der Waals surface area contributed by atoms with E-state index < -0.39 is 11.6 Å². The fourth-order valence-electron chi connectivity index (χ4n) is 1.21. The van der Waals surface area contributed by atoms with Crippen molar-refractivity contribution in [3.8, 4) is 0 Å². The Hall–Kier alpha value is -1.00. The molecule has 0 saturated carbocycles. The Morgan fingerprint density at radius 2 is 1.79 bits per heavy atom. The predicted octanol–water partition coefficient (Wildman–Crippen LogP) is 1.65. The van der Waals surface area contributed by atoms with E-state index in [0.717, 1.165) is 0 Å². The molecule has 1 N–H and O–H groups in total. The second kappa shape index (κ2) is 5.02. The van der Waals surface area contributed by atoms with Gasteiger partial charge in [-0.05, 0) is 12.0 Å². The van der Waals surface area contributed by atoms with Crippen LogP contribution >= 0.6 is 0 Å². The van der Waals surface area contributed by atoms with Crippen LogP contribution in [0.1, 0.15) is 11.1 Å². The van der Waals surface area contributed by atoms with Crippen molar-refractivity contribution in [3.05, 3.63) is 34.9 Å². The molecule has 1 aromatic rings. The van der Waals surface area contributed by atoms with E-state index in [1.165, 1.54) is 19.2 Å². The zero-order valence-corrected chi connectivity index (χ0v) is 7.89. The standard InChI is InChI=1S/C10H12F2O2/c1-14-6-8-3-2-7(4-5-13)9(11)10(8)12/h2-3,13H,4-6H2,1H3. The number of aliphatic hydroxyl groups is 1. The highest BCUT2D eigenvalue weighted by Crippen LogP contribution is 2.17. The van der Waals surface area contributed by atoms with E-state index in [0.29, 0.717) is 0 Å². The minimum Gasteiger partial charge on any atom is -0.396 e. The van der Waals surface area contributed by atoms with Gasteiger partial charge < -0.3 is 9.84 Å². The van der Waals surface area contributed by atoms with Gasteiger partial charge in [0.1, 0.15) is 0 Å². The van der Waals surface area contributed by atoms with Gasteiger partial charge in [-0.15, -0.1) is 0 Å². The fraction of sp³-hybridized carbons (Fsp3) is 0.400. The molecule has 0 aliphatic rings. The molecule has 0 unspecified atom stereocenters. The molecule has 14 heavy (non-hydrogen) atoms. The smallest absolute Gasteiger partial charge is 0.164 e. The Bertz CT molecular complexity index is 282. The second-order valence-electron chi connectivity index (χ2n) is 2.92. The third kappa shape index (κ3) is 2.27. The molecule has 1 aromatic carbocycles. The Morgan fingerprint density at radius 1 is 1.21 bits per heavy atom.